The van der Waals surface area contributed by atoms with Gasteiger partial charge in [0.25, 0.3) is 0 Å². The Hall–Kier alpha value is -1.81. The van der Waals surface area contributed by atoms with Crippen LogP contribution in [-0.4, -0.2) is 18.1 Å². The van der Waals surface area contributed by atoms with Crippen molar-refractivity contribution < 1.29 is 4.42 Å². The molecule has 20 heavy (non-hydrogen) atoms. The van der Waals surface area contributed by atoms with Crippen molar-refractivity contribution in [2.75, 3.05) is 11.9 Å². The Labute approximate surface area is 120 Å². The van der Waals surface area contributed by atoms with E-state index in [2.05, 4.69) is 22.9 Å². The molecule has 1 unspecified atom stereocenters. The second-order valence-corrected chi connectivity index (χ2v) is 5.23. The highest BCUT2D eigenvalue weighted by molar-refractivity contribution is 5.46. The number of pyridine rings is 1. The first-order valence-corrected chi connectivity index (χ1v) is 7.06. The number of anilines is 1. The number of nitrogens with zero attached hydrogens (tertiary/aromatic N) is 2. The molecule has 0 amide bonds. The van der Waals surface area contributed by atoms with Crippen molar-refractivity contribution in [3.63, 3.8) is 0 Å². The molecule has 2 N–H and O–H groups in total. The quantitative estimate of drug-likeness (QED) is 0.879. The molecule has 0 aliphatic heterocycles. The summed E-state index contributed by atoms with van der Waals surface area (Å²) in [5, 5.41) is 0. The lowest BCUT2D eigenvalue weighted by atomic mass is 10.1. The van der Waals surface area contributed by atoms with Gasteiger partial charge in [-0.05, 0) is 43.5 Å². The summed E-state index contributed by atoms with van der Waals surface area (Å²) in [4.78, 5) is 6.60. The van der Waals surface area contributed by atoms with Crippen molar-refractivity contribution in [3.8, 4) is 0 Å². The number of aryl methyl sites for hydroxylation is 1. The van der Waals surface area contributed by atoms with Gasteiger partial charge in [-0.25, -0.2) is 4.98 Å². The topological polar surface area (TPSA) is 55.3 Å². The fraction of sp³-hybridized carbons (Fsp3) is 0.438. The van der Waals surface area contributed by atoms with E-state index in [1.807, 2.05) is 38.4 Å². The smallest absolute Gasteiger partial charge is 0.131 e. The zero-order valence-electron chi connectivity index (χ0n) is 12.5. The third kappa shape index (κ3) is 3.61. The lowest BCUT2D eigenvalue weighted by Gasteiger charge is -2.21. The van der Waals surface area contributed by atoms with Crippen molar-refractivity contribution in [1.82, 2.24) is 4.98 Å². The van der Waals surface area contributed by atoms with Crippen molar-refractivity contribution in [2.45, 2.75) is 39.3 Å². The number of furan rings is 1. The maximum absolute atomic E-state index is 6.07. The highest BCUT2D eigenvalue weighted by Gasteiger charge is 2.12. The van der Waals surface area contributed by atoms with Crippen LogP contribution >= 0.6 is 0 Å². The summed E-state index contributed by atoms with van der Waals surface area (Å²) in [6.45, 7) is 4.77. The molecule has 4 nitrogen and oxygen atoms in total. The number of hydrogen-bond acceptors (Lipinski definition) is 4. The Kier molecular flexibility index (Phi) is 4.79. The monoisotopic (exact) mass is 273 g/mol. The summed E-state index contributed by atoms with van der Waals surface area (Å²) in [6, 6.07) is 8.23. The average Bonchev–Trinajstić information content (AvgIpc) is 2.84. The summed E-state index contributed by atoms with van der Waals surface area (Å²) in [5.74, 6) is 2.86. The van der Waals surface area contributed by atoms with E-state index in [-0.39, 0.29) is 6.04 Å². The van der Waals surface area contributed by atoms with Crippen LogP contribution in [0.3, 0.4) is 0 Å². The van der Waals surface area contributed by atoms with Gasteiger partial charge in [-0.3, -0.25) is 0 Å². The average molecular weight is 273 g/mol. The Morgan fingerprint density at radius 3 is 2.80 bits per heavy atom. The van der Waals surface area contributed by atoms with E-state index in [9.17, 15) is 0 Å². The van der Waals surface area contributed by atoms with Gasteiger partial charge in [-0.15, -0.1) is 0 Å². The molecule has 1 atom stereocenters. The molecular formula is C16H23N3O. The Balaban J connectivity index is 2.14. The van der Waals surface area contributed by atoms with Gasteiger partial charge in [0.2, 0.25) is 0 Å². The van der Waals surface area contributed by atoms with Crippen LogP contribution in [0.25, 0.3) is 0 Å². The summed E-state index contributed by atoms with van der Waals surface area (Å²) in [7, 11) is 2.03. The predicted octanol–water partition coefficient (Wildman–Crippen LogP) is 2.90. The SMILES string of the molecule is CCC(N)Cc1cccnc1N(C)Cc1ccc(C)o1. The first-order chi connectivity index (χ1) is 9.60. The normalized spacial score (nSPS) is 12.4. The summed E-state index contributed by atoms with van der Waals surface area (Å²) in [5.41, 5.74) is 7.25. The standard InChI is InChI=1S/C16H23N3O/c1-4-14(17)10-13-6-5-9-18-16(13)19(3)11-15-8-7-12(2)20-15/h5-9,14H,4,10-11,17H2,1-3H3. The molecule has 108 valence electrons. The maximum atomic E-state index is 6.07. The third-order valence-electron chi connectivity index (χ3n) is 3.42. The van der Waals surface area contributed by atoms with Crippen LogP contribution in [0.4, 0.5) is 5.82 Å². The first kappa shape index (κ1) is 14.6. The van der Waals surface area contributed by atoms with Crippen LogP contribution in [0, 0.1) is 6.92 Å². The van der Waals surface area contributed by atoms with Crippen LogP contribution in [0.5, 0.6) is 0 Å². The highest BCUT2D eigenvalue weighted by atomic mass is 16.3. The fourth-order valence-electron chi connectivity index (χ4n) is 2.24. The Bertz CT molecular complexity index is 550. The number of nitrogens with two attached hydrogens (primary N) is 1. The van der Waals surface area contributed by atoms with Crippen molar-refractivity contribution >= 4 is 5.82 Å². The van der Waals surface area contributed by atoms with Gasteiger partial charge >= 0.3 is 0 Å². The zero-order valence-corrected chi connectivity index (χ0v) is 12.5. The molecule has 2 heterocycles. The molecule has 0 saturated heterocycles. The van der Waals surface area contributed by atoms with Gasteiger partial charge in [0.1, 0.15) is 17.3 Å². The maximum Gasteiger partial charge on any atom is 0.131 e. The molecule has 0 aromatic carbocycles. The highest BCUT2D eigenvalue weighted by Crippen LogP contribution is 2.20. The molecule has 2 rings (SSSR count). The van der Waals surface area contributed by atoms with E-state index >= 15 is 0 Å². The summed E-state index contributed by atoms with van der Waals surface area (Å²) < 4.78 is 5.62. The van der Waals surface area contributed by atoms with Gasteiger partial charge in [0.15, 0.2) is 0 Å². The van der Waals surface area contributed by atoms with Crippen LogP contribution in [0.1, 0.15) is 30.4 Å². The molecule has 0 bridgehead atoms. The van der Waals surface area contributed by atoms with Crippen molar-refractivity contribution in [1.29, 1.82) is 0 Å². The van der Waals surface area contributed by atoms with Gasteiger partial charge in [-0.1, -0.05) is 13.0 Å². The first-order valence-electron chi connectivity index (χ1n) is 7.06. The van der Waals surface area contributed by atoms with E-state index in [0.29, 0.717) is 6.54 Å². The molecule has 4 heteroatoms. The largest absolute Gasteiger partial charge is 0.464 e. The van der Waals surface area contributed by atoms with Gasteiger partial charge in [0.05, 0.1) is 6.54 Å². The van der Waals surface area contributed by atoms with E-state index in [1.54, 1.807) is 0 Å². The number of aromatic nitrogens is 1. The lowest BCUT2D eigenvalue weighted by molar-refractivity contribution is 0.481. The molecule has 2 aromatic rings. The summed E-state index contributed by atoms with van der Waals surface area (Å²) >= 11 is 0. The Morgan fingerprint density at radius 2 is 2.15 bits per heavy atom. The van der Waals surface area contributed by atoms with Gasteiger partial charge < -0.3 is 15.1 Å². The zero-order chi connectivity index (χ0) is 14.5. The molecule has 0 aliphatic carbocycles. The predicted molar refractivity (Wildman–Crippen MR) is 81.8 cm³/mol. The number of hydrogen-bond donors (Lipinski definition) is 1. The molecular weight excluding hydrogens is 250 g/mol. The molecule has 0 radical (unpaired) electrons. The van der Waals surface area contributed by atoms with Crippen molar-refractivity contribution in [2.24, 2.45) is 5.73 Å². The molecule has 0 fully saturated rings. The molecule has 0 aliphatic rings. The number of rotatable bonds is 6. The molecule has 0 saturated carbocycles. The third-order valence-corrected chi connectivity index (χ3v) is 3.42. The van der Waals surface area contributed by atoms with Crippen LogP contribution in [0.2, 0.25) is 0 Å². The Morgan fingerprint density at radius 1 is 1.35 bits per heavy atom. The van der Waals surface area contributed by atoms with E-state index in [1.165, 1.54) is 5.56 Å². The second kappa shape index (κ2) is 6.57. The van der Waals surface area contributed by atoms with Gasteiger partial charge in [0, 0.05) is 19.3 Å². The van der Waals surface area contributed by atoms with Gasteiger partial charge in [-0.2, -0.15) is 0 Å². The minimum Gasteiger partial charge on any atom is -0.464 e. The second-order valence-electron chi connectivity index (χ2n) is 5.23. The summed E-state index contributed by atoms with van der Waals surface area (Å²) in [6.07, 6.45) is 3.64. The van der Waals surface area contributed by atoms with Crippen LogP contribution in [-0.2, 0) is 13.0 Å². The van der Waals surface area contributed by atoms with Crippen LogP contribution in [0.15, 0.2) is 34.9 Å². The van der Waals surface area contributed by atoms with Crippen molar-refractivity contribution in [3.05, 3.63) is 47.5 Å². The van der Waals surface area contributed by atoms with E-state index in [4.69, 9.17) is 10.2 Å². The van der Waals surface area contributed by atoms with E-state index in [0.717, 1.165) is 30.2 Å². The fourth-order valence-corrected chi connectivity index (χ4v) is 2.24. The molecule has 2 aromatic heterocycles. The minimum atomic E-state index is 0.178. The van der Waals surface area contributed by atoms with E-state index < -0.39 is 0 Å². The minimum absolute atomic E-state index is 0.178. The molecule has 0 spiro atoms. The lowest BCUT2D eigenvalue weighted by Crippen LogP contribution is -2.24. The van der Waals surface area contributed by atoms with Crippen LogP contribution < -0.4 is 10.6 Å².